The number of aryl methyl sites for hydroxylation is 1. The van der Waals surface area contributed by atoms with Gasteiger partial charge in [-0.1, -0.05) is 83.7 Å². The highest BCUT2D eigenvalue weighted by atomic mass is 35.5. The summed E-state index contributed by atoms with van der Waals surface area (Å²) in [7, 11) is -1.49. The number of fused-ring (bicyclic) bond motifs is 1. The van der Waals surface area contributed by atoms with Crippen LogP contribution in [0.4, 0.5) is 5.95 Å². The monoisotopic (exact) mass is 626 g/mol. The SMILES string of the molecule is C[P+](CCCCCCn1c(=O)n(Cc2ccc(Cl)c(Cl)c2)c2nc(N)nc(Cl)c21)(c1ccccc1)c1ccccc1. The van der Waals surface area contributed by atoms with Crippen molar-refractivity contribution in [3.63, 3.8) is 0 Å². The first-order chi connectivity index (χ1) is 19.8. The highest BCUT2D eigenvalue weighted by molar-refractivity contribution is 7.88. The van der Waals surface area contributed by atoms with Crippen molar-refractivity contribution in [1.82, 2.24) is 19.1 Å². The second kappa shape index (κ2) is 13.0. The molecule has 10 heteroatoms. The van der Waals surface area contributed by atoms with E-state index in [4.69, 9.17) is 40.5 Å². The number of rotatable bonds is 11. The summed E-state index contributed by atoms with van der Waals surface area (Å²) in [5.41, 5.74) is 7.41. The van der Waals surface area contributed by atoms with Crippen LogP contribution in [0.3, 0.4) is 0 Å². The minimum atomic E-state index is -1.49. The number of benzene rings is 3. The molecule has 0 amide bonds. The summed E-state index contributed by atoms with van der Waals surface area (Å²) >= 11 is 18.8. The lowest BCUT2D eigenvalue weighted by Gasteiger charge is -2.23. The molecule has 0 aliphatic heterocycles. The van der Waals surface area contributed by atoms with E-state index in [0.29, 0.717) is 27.8 Å². The Labute approximate surface area is 255 Å². The molecule has 0 spiro atoms. The van der Waals surface area contributed by atoms with Gasteiger partial charge in [0.15, 0.2) is 10.8 Å². The number of unbranched alkanes of at least 4 members (excludes halogenated alkanes) is 3. The van der Waals surface area contributed by atoms with Crippen molar-refractivity contribution in [2.45, 2.75) is 38.8 Å². The minimum Gasteiger partial charge on any atom is -0.368 e. The zero-order valence-corrected chi connectivity index (χ0v) is 26.0. The molecule has 41 heavy (non-hydrogen) atoms. The molecule has 212 valence electrons. The van der Waals surface area contributed by atoms with E-state index in [-0.39, 0.29) is 23.3 Å². The number of hydrogen-bond acceptors (Lipinski definition) is 4. The fraction of sp³-hybridized carbons (Fsp3) is 0.258. The zero-order chi connectivity index (χ0) is 29.0. The molecule has 6 nitrogen and oxygen atoms in total. The average molecular weight is 628 g/mol. The Balaban J connectivity index is 1.29. The van der Waals surface area contributed by atoms with Crippen LogP contribution in [0, 0.1) is 0 Å². The van der Waals surface area contributed by atoms with Gasteiger partial charge in [0.1, 0.15) is 5.52 Å². The molecule has 0 aliphatic carbocycles. The summed E-state index contributed by atoms with van der Waals surface area (Å²) in [6.07, 6.45) is 5.15. The van der Waals surface area contributed by atoms with Crippen LogP contribution < -0.4 is 22.0 Å². The van der Waals surface area contributed by atoms with Gasteiger partial charge in [-0.05, 0) is 61.2 Å². The second-order valence-corrected chi connectivity index (χ2v) is 15.3. The summed E-state index contributed by atoms with van der Waals surface area (Å²) in [6, 6.07) is 27.0. The van der Waals surface area contributed by atoms with Crippen LogP contribution in [0.1, 0.15) is 31.2 Å². The topological polar surface area (TPSA) is 78.7 Å². The number of imidazole rings is 1. The van der Waals surface area contributed by atoms with E-state index >= 15 is 0 Å². The number of anilines is 1. The third-order valence-electron chi connectivity index (χ3n) is 7.54. The average Bonchev–Trinajstić information content (AvgIpc) is 3.23. The molecule has 0 fully saturated rings. The maximum atomic E-state index is 13.6. The van der Waals surface area contributed by atoms with Crippen LogP contribution in [-0.4, -0.2) is 31.9 Å². The van der Waals surface area contributed by atoms with Gasteiger partial charge in [0.05, 0.1) is 47.3 Å². The molecule has 3 aromatic carbocycles. The molecule has 0 aliphatic rings. The van der Waals surface area contributed by atoms with Crippen molar-refractivity contribution in [3.8, 4) is 0 Å². The Morgan fingerprint density at radius 1 is 0.780 bits per heavy atom. The Hall–Kier alpha value is -2.89. The van der Waals surface area contributed by atoms with Gasteiger partial charge in [-0.15, -0.1) is 0 Å². The standard InChI is InChI=1S/C31H32Cl3N5OP/c1-41(23-12-6-4-7-13-23,24-14-8-5-9-15-24)19-11-3-2-10-18-38-27-28(34)36-30(35)37-29(27)39(31(38)40)21-22-16-17-25(32)26(33)20-22/h4-9,12-17,20H,2-3,10-11,18-19,21H2,1H3,(H2,35,36,37)/q+1. The summed E-state index contributed by atoms with van der Waals surface area (Å²) in [4.78, 5) is 22.1. The Morgan fingerprint density at radius 3 is 2.05 bits per heavy atom. The zero-order valence-electron chi connectivity index (χ0n) is 22.8. The van der Waals surface area contributed by atoms with Crippen molar-refractivity contribution in [2.75, 3.05) is 18.6 Å². The Kier molecular flexibility index (Phi) is 9.35. The van der Waals surface area contributed by atoms with E-state index in [2.05, 4.69) is 77.3 Å². The van der Waals surface area contributed by atoms with Gasteiger partial charge in [0.2, 0.25) is 5.95 Å². The number of nitrogens with two attached hydrogens (primary N) is 1. The van der Waals surface area contributed by atoms with E-state index in [1.54, 1.807) is 21.3 Å². The van der Waals surface area contributed by atoms with Crippen LogP contribution in [0.2, 0.25) is 15.2 Å². The largest absolute Gasteiger partial charge is 0.368 e. The molecule has 0 bridgehead atoms. The third-order valence-corrected chi connectivity index (χ3v) is 12.6. The molecule has 2 heterocycles. The quantitative estimate of drug-likeness (QED) is 0.0968. The number of nitrogen functional groups attached to an aromatic ring is 1. The molecule has 2 N–H and O–H groups in total. The maximum Gasteiger partial charge on any atom is 0.330 e. The van der Waals surface area contributed by atoms with Gasteiger partial charge in [0.25, 0.3) is 0 Å². The smallest absolute Gasteiger partial charge is 0.330 e. The van der Waals surface area contributed by atoms with Crippen LogP contribution in [0.5, 0.6) is 0 Å². The van der Waals surface area contributed by atoms with E-state index in [1.807, 2.05) is 6.07 Å². The number of aromatic nitrogens is 4. The first kappa shape index (κ1) is 29.6. The molecule has 5 rings (SSSR count). The highest BCUT2D eigenvalue weighted by Gasteiger charge is 2.36. The third kappa shape index (κ3) is 6.47. The number of nitrogens with zero attached hydrogens (tertiary/aromatic N) is 4. The van der Waals surface area contributed by atoms with Crippen LogP contribution >= 0.6 is 42.1 Å². The Morgan fingerprint density at radius 2 is 1.41 bits per heavy atom. The van der Waals surface area contributed by atoms with E-state index in [9.17, 15) is 4.79 Å². The summed E-state index contributed by atoms with van der Waals surface area (Å²) in [5, 5.41) is 3.91. The van der Waals surface area contributed by atoms with Gasteiger partial charge < -0.3 is 5.73 Å². The van der Waals surface area contributed by atoms with Crippen LogP contribution in [0.15, 0.2) is 83.7 Å². The lowest BCUT2D eigenvalue weighted by atomic mass is 10.2. The minimum absolute atomic E-state index is 0.0192. The molecule has 2 aromatic heterocycles. The maximum absolute atomic E-state index is 13.6. The van der Waals surface area contributed by atoms with Crippen molar-refractivity contribution in [1.29, 1.82) is 0 Å². The molecule has 0 atom stereocenters. The molecular formula is C31H32Cl3N5OP+. The van der Waals surface area contributed by atoms with Crippen LogP contribution in [0.25, 0.3) is 11.2 Å². The number of hydrogen-bond donors (Lipinski definition) is 1. The van der Waals surface area contributed by atoms with E-state index in [1.165, 1.54) is 10.6 Å². The molecule has 5 aromatic rings. The first-order valence-corrected chi connectivity index (χ1v) is 17.2. The van der Waals surface area contributed by atoms with Crippen molar-refractivity contribution < 1.29 is 0 Å². The fourth-order valence-electron chi connectivity index (χ4n) is 5.33. The summed E-state index contributed by atoms with van der Waals surface area (Å²) in [6.45, 7) is 3.21. The van der Waals surface area contributed by atoms with Crippen molar-refractivity contribution in [2.24, 2.45) is 0 Å². The van der Waals surface area contributed by atoms with Crippen molar-refractivity contribution in [3.05, 3.63) is 110 Å². The van der Waals surface area contributed by atoms with Gasteiger partial charge >= 0.3 is 5.69 Å². The normalized spacial score (nSPS) is 11.8. The Bertz CT molecular complexity index is 1670. The van der Waals surface area contributed by atoms with Gasteiger partial charge in [-0.2, -0.15) is 9.97 Å². The summed E-state index contributed by atoms with van der Waals surface area (Å²) < 4.78 is 3.23. The lowest BCUT2D eigenvalue weighted by Crippen LogP contribution is -2.25. The van der Waals surface area contributed by atoms with Gasteiger partial charge in [0, 0.05) is 6.54 Å². The van der Waals surface area contributed by atoms with Crippen LogP contribution in [-0.2, 0) is 13.1 Å². The van der Waals surface area contributed by atoms with E-state index < -0.39 is 7.26 Å². The van der Waals surface area contributed by atoms with E-state index in [0.717, 1.165) is 37.4 Å². The first-order valence-electron chi connectivity index (χ1n) is 13.6. The molecule has 0 radical (unpaired) electrons. The van der Waals surface area contributed by atoms with Crippen molar-refractivity contribution >= 4 is 69.8 Å². The number of halogens is 3. The highest BCUT2D eigenvalue weighted by Crippen LogP contribution is 2.53. The van der Waals surface area contributed by atoms with Gasteiger partial charge in [-0.25, -0.2) is 4.79 Å². The molecule has 0 saturated carbocycles. The van der Waals surface area contributed by atoms with Gasteiger partial charge in [-0.3, -0.25) is 9.13 Å². The molecule has 0 unspecified atom stereocenters. The molecular weight excluding hydrogens is 596 g/mol. The predicted octanol–water partition coefficient (Wildman–Crippen LogP) is 7.04. The second-order valence-electron chi connectivity index (χ2n) is 10.3. The lowest BCUT2D eigenvalue weighted by molar-refractivity contribution is 0.569. The summed E-state index contributed by atoms with van der Waals surface area (Å²) in [5.74, 6) is 0.0192. The predicted molar refractivity (Wildman–Crippen MR) is 175 cm³/mol. The molecule has 0 saturated heterocycles. The fourth-order valence-corrected chi connectivity index (χ4v) is 9.25.